The van der Waals surface area contributed by atoms with Gasteiger partial charge in [0.2, 0.25) is 0 Å². The number of likely N-dealkylation sites (N-methyl/N-ethyl adjacent to an activating group) is 1. The van der Waals surface area contributed by atoms with Gasteiger partial charge in [0, 0.05) is 13.6 Å². The molecule has 8 heteroatoms. The van der Waals surface area contributed by atoms with Crippen LogP contribution in [0.2, 0.25) is 0 Å². The van der Waals surface area contributed by atoms with Crippen LogP contribution in [0.5, 0.6) is 5.75 Å². The zero-order valence-electron chi connectivity index (χ0n) is 12.7. The van der Waals surface area contributed by atoms with Crippen molar-refractivity contribution in [3.05, 3.63) is 29.8 Å². The molecule has 0 saturated carbocycles. The SMILES string of the molecule is CN(CCC#N)C(=O)COC(=O)c1cccc(OCC(N)=O)c1. The molecule has 23 heavy (non-hydrogen) atoms. The maximum absolute atomic E-state index is 11.9. The Morgan fingerprint density at radius 3 is 2.70 bits per heavy atom. The highest BCUT2D eigenvalue weighted by Gasteiger charge is 2.14. The predicted molar refractivity (Wildman–Crippen MR) is 79.3 cm³/mol. The van der Waals surface area contributed by atoms with Gasteiger partial charge in [0.05, 0.1) is 18.1 Å². The van der Waals surface area contributed by atoms with Gasteiger partial charge in [-0.2, -0.15) is 5.26 Å². The summed E-state index contributed by atoms with van der Waals surface area (Å²) >= 11 is 0. The van der Waals surface area contributed by atoms with E-state index in [1.54, 1.807) is 12.1 Å². The third-order valence-corrected chi connectivity index (χ3v) is 2.76. The van der Waals surface area contributed by atoms with Crippen LogP contribution in [0.3, 0.4) is 0 Å². The number of hydrogen-bond acceptors (Lipinski definition) is 6. The van der Waals surface area contributed by atoms with Crippen LogP contribution in [0.25, 0.3) is 0 Å². The van der Waals surface area contributed by atoms with Crippen molar-refractivity contribution in [2.75, 3.05) is 26.8 Å². The fraction of sp³-hybridized carbons (Fsp3) is 0.333. The molecule has 0 aromatic heterocycles. The number of primary amides is 1. The summed E-state index contributed by atoms with van der Waals surface area (Å²) in [7, 11) is 1.52. The second-order valence-corrected chi connectivity index (χ2v) is 4.58. The molecule has 122 valence electrons. The lowest BCUT2D eigenvalue weighted by atomic mass is 10.2. The standard InChI is InChI=1S/C15H17N3O5/c1-18(7-3-6-16)14(20)10-23-15(21)11-4-2-5-12(8-11)22-9-13(17)19/h2,4-5,8H,3,7,9-10H2,1H3,(H2,17,19). The molecule has 0 fully saturated rings. The molecule has 0 heterocycles. The van der Waals surface area contributed by atoms with E-state index in [1.807, 2.05) is 6.07 Å². The Morgan fingerprint density at radius 1 is 1.30 bits per heavy atom. The second kappa shape index (κ2) is 9.04. The Bertz CT molecular complexity index is 624. The van der Waals surface area contributed by atoms with Gasteiger partial charge in [-0.3, -0.25) is 9.59 Å². The third kappa shape index (κ3) is 6.48. The highest BCUT2D eigenvalue weighted by atomic mass is 16.5. The molecule has 2 amide bonds. The number of benzene rings is 1. The number of rotatable bonds is 8. The third-order valence-electron chi connectivity index (χ3n) is 2.76. The number of nitrogens with zero attached hydrogens (tertiary/aromatic N) is 2. The first-order chi connectivity index (χ1) is 10.9. The first-order valence-corrected chi connectivity index (χ1v) is 6.73. The first-order valence-electron chi connectivity index (χ1n) is 6.73. The molecule has 0 atom stereocenters. The Balaban J connectivity index is 2.54. The Morgan fingerprint density at radius 2 is 2.04 bits per heavy atom. The lowest BCUT2D eigenvalue weighted by molar-refractivity contribution is -0.133. The van der Waals surface area contributed by atoms with Crippen LogP contribution in [-0.2, 0) is 14.3 Å². The second-order valence-electron chi connectivity index (χ2n) is 4.58. The van der Waals surface area contributed by atoms with Crippen molar-refractivity contribution in [3.8, 4) is 11.8 Å². The monoisotopic (exact) mass is 319 g/mol. The minimum Gasteiger partial charge on any atom is -0.484 e. The van der Waals surface area contributed by atoms with E-state index in [0.29, 0.717) is 0 Å². The van der Waals surface area contributed by atoms with E-state index >= 15 is 0 Å². The van der Waals surface area contributed by atoms with Crippen molar-refractivity contribution in [1.82, 2.24) is 4.90 Å². The lowest BCUT2D eigenvalue weighted by Crippen LogP contribution is -2.31. The quantitative estimate of drug-likeness (QED) is 0.677. The van der Waals surface area contributed by atoms with Gasteiger partial charge in [0.25, 0.3) is 11.8 Å². The molecule has 2 N–H and O–H groups in total. The van der Waals surface area contributed by atoms with E-state index in [2.05, 4.69) is 0 Å². The summed E-state index contributed by atoms with van der Waals surface area (Å²) in [6, 6.07) is 7.90. The summed E-state index contributed by atoms with van der Waals surface area (Å²) in [5.74, 6) is -1.45. The van der Waals surface area contributed by atoms with Crippen LogP contribution in [0.15, 0.2) is 24.3 Å². The summed E-state index contributed by atoms with van der Waals surface area (Å²) in [6.45, 7) is -0.461. The topological polar surface area (TPSA) is 123 Å². The van der Waals surface area contributed by atoms with E-state index in [-0.39, 0.29) is 30.9 Å². The van der Waals surface area contributed by atoms with Crippen LogP contribution in [-0.4, -0.2) is 49.5 Å². The molecular weight excluding hydrogens is 302 g/mol. The summed E-state index contributed by atoms with van der Waals surface area (Å²) in [6.07, 6.45) is 0.204. The van der Waals surface area contributed by atoms with Gasteiger partial charge in [0.1, 0.15) is 5.75 Å². The molecule has 8 nitrogen and oxygen atoms in total. The minimum atomic E-state index is -0.698. The van der Waals surface area contributed by atoms with Crippen LogP contribution < -0.4 is 10.5 Å². The molecule has 1 aromatic rings. The Kier molecular flexibility index (Phi) is 7.07. The molecule has 0 radical (unpaired) electrons. The van der Waals surface area contributed by atoms with Crippen LogP contribution in [0.4, 0.5) is 0 Å². The highest BCUT2D eigenvalue weighted by Crippen LogP contribution is 2.14. The highest BCUT2D eigenvalue weighted by molar-refractivity contribution is 5.91. The van der Waals surface area contributed by atoms with Crippen molar-refractivity contribution in [3.63, 3.8) is 0 Å². The van der Waals surface area contributed by atoms with Crippen LogP contribution >= 0.6 is 0 Å². The van der Waals surface area contributed by atoms with Crippen LogP contribution in [0.1, 0.15) is 16.8 Å². The number of carbonyl (C=O) groups excluding carboxylic acids is 3. The van der Waals surface area contributed by atoms with Crippen LogP contribution in [0, 0.1) is 11.3 Å². The van der Waals surface area contributed by atoms with Crippen molar-refractivity contribution in [2.24, 2.45) is 5.73 Å². The molecule has 0 unspecified atom stereocenters. The average Bonchev–Trinajstić information content (AvgIpc) is 2.55. The average molecular weight is 319 g/mol. The molecule has 0 spiro atoms. The number of carbonyl (C=O) groups is 3. The van der Waals surface area contributed by atoms with E-state index < -0.39 is 24.4 Å². The van der Waals surface area contributed by atoms with Crippen molar-refractivity contribution < 1.29 is 23.9 Å². The smallest absolute Gasteiger partial charge is 0.338 e. The molecule has 0 saturated heterocycles. The summed E-state index contributed by atoms with van der Waals surface area (Å²) in [5.41, 5.74) is 5.14. The summed E-state index contributed by atoms with van der Waals surface area (Å²) in [5, 5.41) is 8.45. The molecule has 0 bridgehead atoms. The lowest BCUT2D eigenvalue weighted by Gasteiger charge is -2.15. The van der Waals surface area contributed by atoms with E-state index in [9.17, 15) is 14.4 Å². The molecule has 1 rings (SSSR count). The maximum Gasteiger partial charge on any atom is 0.338 e. The largest absolute Gasteiger partial charge is 0.484 e. The minimum absolute atomic E-state index is 0.180. The first kappa shape index (κ1) is 18.0. The van der Waals surface area contributed by atoms with Gasteiger partial charge in [-0.25, -0.2) is 4.79 Å². The fourth-order valence-electron chi connectivity index (χ4n) is 1.53. The Labute approximate surface area is 133 Å². The molecule has 0 aliphatic heterocycles. The van der Waals surface area contributed by atoms with Crippen molar-refractivity contribution in [2.45, 2.75) is 6.42 Å². The predicted octanol–water partition coefficient (Wildman–Crippen LogP) is 0.0796. The summed E-state index contributed by atoms with van der Waals surface area (Å²) < 4.78 is 9.99. The summed E-state index contributed by atoms with van der Waals surface area (Å²) in [4.78, 5) is 35.5. The van der Waals surface area contributed by atoms with E-state index in [1.165, 1.54) is 24.1 Å². The number of esters is 1. The molecule has 0 aliphatic carbocycles. The van der Waals surface area contributed by atoms with Gasteiger partial charge < -0.3 is 20.1 Å². The van der Waals surface area contributed by atoms with Gasteiger partial charge in [-0.1, -0.05) is 6.07 Å². The fourth-order valence-corrected chi connectivity index (χ4v) is 1.53. The number of amides is 2. The van der Waals surface area contributed by atoms with Gasteiger partial charge in [-0.05, 0) is 18.2 Å². The zero-order valence-corrected chi connectivity index (χ0v) is 12.7. The number of nitriles is 1. The van der Waals surface area contributed by atoms with Crippen molar-refractivity contribution in [1.29, 1.82) is 5.26 Å². The van der Waals surface area contributed by atoms with Gasteiger partial charge in [0.15, 0.2) is 13.2 Å². The molecule has 1 aromatic carbocycles. The Hall–Kier alpha value is -3.08. The number of nitrogens with two attached hydrogens (primary N) is 1. The normalized spacial score (nSPS) is 9.57. The number of ether oxygens (including phenoxy) is 2. The van der Waals surface area contributed by atoms with Crippen molar-refractivity contribution >= 4 is 17.8 Å². The van der Waals surface area contributed by atoms with E-state index in [0.717, 1.165) is 0 Å². The van der Waals surface area contributed by atoms with E-state index in [4.69, 9.17) is 20.5 Å². The zero-order chi connectivity index (χ0) is 17.2. The number of hydrogen-bond donors (Lipinski definition) is 1. The molecule has 0 aliphatic rings. The van der Waals surface area contributed by atoms with Gasteiger partial charge in [-0.15, -0.1) is 0 Å². The molecular formula is C15H17N3O5. The maximum atomic E-state index is 11.9. The van der Waals surface area contributed by atoms with Gasteiger partial charge >= 0.3 is 5.97 Å².